The van der Waals surface area contributed by atoms with Crippen LogP contribution in [0, 0.1) is 10.1 Å². The van der Waals surface area contributed by atoms with Crippen LogP contribution in [-0.2, 0) is 20.7 Å². The summed E-state index contributed by atoms with van der Waals surface area (Å²) in [6.07, 6.45) is 2.92. The number of non-ortho nitro benzene ring substituents is 1. The third-order valence-electron chi connectivity index (χ3n) is 3.47. The molecular weight excluding hydrogens is 330 g/mol. The number of aromatic nitrogens is 1. The first kappa shape index (κ1) is 18.1. The number of aliphatic carboxylic acids is 1. The summed E-state index contributed by atoms with van der Waals surface area (Å²) in [7, 11) is 0. The standard InChI is InChI=1S/C16H17N3O6/c1-2-5-25-9-14(16(21)22)18-15(20)6-10-8-17-13-4-3-11(19(23)24)7-12(10)13/h2-4,7-8,14,17H,1,5-6,9H2,(H,18,20)(H,21,22). The van der Waals surface area contributed by atoms with Gasteiger partial charge in [-0.15, -0.1) is 6.58 Å². The van der Waals surface area contributed by atoms with Gasteiger partial charge in [0.05, 0.1) is 24.6 Å². The largest absolute Gasteiger partial charge is 0.480 e. The maximum Gasteiger partial charge on any atom is 0.328 e. The van der Waals surface area contributed by atoms with Crippen molar-refractivity contribution in [2.75, 3.05) is 13.2 Å². The van der Waals surface area contributed by atoms with Gasteiger partial charge in [-0.3, -0.25) is 14.9 Å². The number of ether oxygens (including phenoxy) is 1. The number of aromatic amines is 1. The van der Waals surface area contributed by atoms with Gasteiger partial charge in [0, 0.05) is 29.2 Å². The molecule has 0 radical (unpaired) electrons. The number of hydrogen-bond acceptors (Lipinski definition) is 5. The van der Waals surface area contributed by atoms with Crippen molar-refractivity contribution in [1.82, 2.24) is 10.3 Å². The third-order valence-corrected chi connectivity index (χ3v) is 3.47. The lowest BCUT2D eigenvalue weighted by molar-refractivity contribution is -0.384. The Morgan fingerprint density at radius 3 is 2.88 bits per heavy atom. The minimum atomic E-state index is -1.22. The molecule has 0 aliphatic rings. The van der Waals surface area contributed by atoms with Crippen LogP contribution >= 0.6 is 0 Å². The molecule has 9 heteroatoms. The highest BCUT2D eigenvalue weighted by atomic mass is 16.6. The predicted molar refractivity (Wildman–Crippen MR) is 89.2 cm³/mol. The molecule has 2 aromatic rings. The van der Waals surface area contributed by atoms with Crippen molar-refractivity contribution in [1.29, 1.82) is 0 Å². The highest BCUT2D eigenvalue weighted by Gasteiger charge is 2.21. The minimum absolute atomic E-state index is 0.0880. The van der Waals surface area contributed by atoms with E-state index in [1.54, 1.807) is 12.3 Å². The average Bonchev–Trinajstić information content (AvgIpc) is 2.96. The van der Waals surface area contributed by atoms with Crippen molar-refractivity contribution in [3.63, 3.8) is 0 Å². The Morgan fingerprint density at radius 2 is 2.24 bits per heavy atom. The first-order valence-electron chi connectivity index (χ1n) is 7.37. The quantitative estimate of drug-likeness (QED) is 0.271. The van der Waals surface area contributed by atoms with Crippen molar-refractivity contribution >= 4 is 28.5 Å². The van der Waals surface area contributed by atoms with Crippen molar-refractivity contribution in [2.24, 2.45) is 0 Å². The van der Waals surface area contributed by atoms with Crippen LogP contribution in [0.2, 0.25) is 0 Å². The number of carbonyl (C=O) groups excluding carboxylic acids is 1. The Balaban J connectivity index is 2.10. The molecule has 3 N–H and O–H groups in total. The van der Waals surface area contributed by atoms with E-state index >= 15 is 0 Å². The molecule has 1 aromatic carbocycles. The van der Waals surface area contributed by atoms with Gasteiger partial charge in [0.1, 0.15) is 0 Å². The van der Waals surface area contributed by atoms with E-state index in [9.17, 15) is 19.7 Å². The zero-order chi connectivity index (χ0) is 18.4. The van der Waals surface area contributed by atoms with Crippen LogP contribution in [0.3, 0.4) is 0 Å². The number of carboxylic acid groups (broad SMARTS) is 1. The number of rotatable bonds is 9. The van der Waals surface area contributed by atoms with Crippen molar-refractivity contribution in [2.45, 2.75) is 12.5 Å². The fourth-order valence-corrected chi connectivity index (χ4v) is 2.29. The molecule has 0 aliphatic heterocycles. The summed E-state index contributed by atoms with van der Waals surface area (Å²) in [4.78, 5) is 36.6. The number of H-pyrrole nitrogens is 1. The normalized spacial score (nSPS) is 11.8. The van der Waals surface area contributed by atoms with Gasteiger partial charge < -0.3 is 20.1 Å². The van der Waals surface area contributed by atoms with E-state index in [1.807, 2.05) is 0 Å². The molecule has 1 heterocycles. The number of fused-ring (bicyclic) bond motifs is 1. The number of nitrogens with one attached hydrogen (secondary N) is 2. The number of carbonyl (C=O) groups is 2. The molecule has 0 saturated heterocycles. The van der Waals surface area contributed by atoms with Crippen molar-refractivity contribution in [3.05, 3.63) is 52.7 Å². The highest BCUT2D eigenvalue weighted by Crippen LogP contribution is 2.24. The van der Waals surface area contributed by atoms with Gasteiger partial charge in [-0.2, -0.15) is 0 Å². The maximum absolute atomic E-state index is 12.1. The molecule has 1 atom stereocenters. The summed E-state index contributed by atoms with van der Waals surface area (Å²) >= 11 is 0. The van der Waals surface area contributed by atoms with Crippen molar-refractivity contribution in [3.8, 4) is 0 Å². The topological polar surface area (TPSA) is 135 Å². The van der Waals surface area contributed by atoms with E-state index < -0.39 is 22.8 Å². The van der Waals surface area contributed by atoms with Gasteiger partial charge in [-0.1, -0.05) is 6.08 Å². The summed E-state index contributed by atoms with van der Waals surface area (Å²) in [6.45, 7) is 3.43. The van der Waals surface area contributed by atoms with E-state index in [4.69, 9.17) is 9.84 Å². The fraction of sp³-hybridized carbons (Fsp3) is 0.250. The van der Waals surface area contributed by atoms with Crippen LogP contribution in [0.4, 0.5) is 5.69 Å². The molecule has 1 aromatic heterocycles. The Bertz CT molecular complexity index is 813. The summed E-state index contributed by atoms with van der Waals surface area (Å²) in [6, 6.07) is 3.10. The molecule has 1 amide bonds. The summed E-state index contributed by atoms with van der Waals surface area (Å²) in [5.74, 6) is -1.74. The number of benzene rings is 1. The molecule has 25 heavy (non-hydrogen) atoms. The number of nitrogens with zero attached hydrogens (tertiary/aromatic N) is 1. The summed E-state index contributed by atoms with van der Waals surface area (Å²) in [5.41, 5.74) is 1.10. The monoisotopic (exact) mass is 347 g/mol. The second kappa shape index (κ2) is 8.06. The molecule has 9 nitrogen and oxygen atoms in total. The zero-order valence-corrected chi connectivity index (χ0v) is 13.2. The van der Waals surface area contributed by atoms with E-state index in [2.05, 4.69) is 16.9 Å². The van der Waals surface area contributed by atoms with Crippen LogP contribution in [0.15, 0.2) is 37.1 Å². The number of hydrogen-bond donors (Lipinski definition) is 3. The third kappa shape index (κ3) is 4.64. The number of nitro groups is 1. The van der Waals surface area contributed by atoms with E-state index in [1.165, 1.54) is 18.2 Å². The van der Waals surface area contributed by atoms with Gasteiger partial charge in [-0.25, -0.2) is 4.79 Å². The van der Waals surface area contributed by atoms with E-state index in [0.717, 1.165) is 0 Å². The average molecular weight is 347 g/mol. The molecule has 2 rings (SSSR count). The van der Waals surface area contributed by atoms with Crippen LogP contribution < -0.4 is 5.32 Å². The first-order valence-corrected chi connectivity index (χ1v) is 7.37. The van der Waals surface area contributed by atoms with E-state index in [-0.39, 0.29) is 25.3 Å². The second-order valence-electron chi connectivity index (χ2n) is 5.26. The minimum Gasteiger partial charge on any atom is -0.480 e. The smallest absolute Gasteiger partial charge is 0.328 e. The lowest BCUT2D eigenvalue weighted by atomic mass is 10.1. The number of nitro benzene ring substituents is 1. The van der Waals surface area contributed by atoms with E-state index in [0.29, 0.717) is 16.5 Å². The highest BCUT2D eigenvalue weighted by molar-refractivity contribution is 5.91. The molecule has 0 aliphatic carbocycles. The van der Waals surface area contributed by atoms with Crippen LogP contribution in [-0.4, -0.2) is 46.1 Å². The van der Waals surface area contributed by atoms with Crippen LogP contribution in [0.25, 0.3) is 10.9 Å². The Morgan fingerprint density at radius 1 is 1.48 bits per heavy atom. The van der Waals surface area contributed by atoms with Crippen LogP contribution in [0.1, 0.15) is 5.56 Å². The molecule has 0 fully saturated rings. The fourth-order valence-electron chi connectivity index (χ4n) is 2.29. The lowest BCUT2D eigenvalue weighted by Gasteiger charge is -2.14. The second-order valence-corrected chi connectivity index (χ2v) is 5.26. The molecule has 132 valence electrons. The van der Waals surface area contributed by atoms with Crippen molar-refractivity contribution < 1.29 is 24.4 Å². The Kier molecular flexibility index (Phi) is 5.85. The molecule has 0 saturated carbocycles. The lowest BCUT2D eigenvalue weighted by Crippen LogP contribution is -2.44. The SMILES string of the molecule is C=CCOCC(NC(=O)Cc1c[nH]c2ccc([N+](=O)[O-])cc12)C(=O)O. The molecule has 0 bridgehead atoms. The molecule has 1 unspecified atom stereocenters. The zero-order valence-electron chi connectivity index (χ0n) is 13.2. The maximum atomic E-state index is 12.1. The van der Waals surface area contributed by atoms with Gasteiger partial charge >= 0.3 is 5.97 Å². The van der Waals surface area contributed by atoms with Gasteiger partial charge in [0.15, 0.2) is 6.04 Å². The predicted octanol–water partition coefficient (Wildman–Crippen LogP) is 1.39. The first-order chi connectivity index (χ1) is 11.9. The Hall–Kier alpha value is -3.20. The van der Waals surface area contributed by atoms with Gasteiger partial charge in [0.2, 0.25) is 5.91 Å². The van der Waals surface area contributed by atoms with Crippen LogP contribution in [0.5, 0.6) is 0 Å². The van der Waals surface area contributed by atoms with Gasteiger partial charge in [0.25, 0.3) is 5.69 Å². The Labute approximate surface area is 142 Å². The summed E-state index contributed by atoms with van der Waals surface area (Å²) < 4.78 is 5.06. The number of carboxylic acids is 1. The molecular formula is C16H17N3O6. The molecule has 0 spiro atoms. The summed E-state index contributed by atoms with van der Waals surface area (Å²) in [5, 5.41) is 22.9. The van der Waals surface area contributed by atoms with Gasteiger partial charge in [-0.05, 0) is 11.6 Å². The number of amides is 1.